The lowest BCUT2D eigenvalue weighted by Crippen LogP contribution is -1.67. The molecule has 0 spiro atoms. The molecule has 0 atom stereocenters. The topological polar surface area (TPSA) is 0 Å². The summed E-state index contributed by atoms with van der Waals surface area (Å²) in [6.45, 7) is 0. The highest BCUT2D eigenvalue weighted by atomic mass is 13.8. The van der Waals surface area contributed by atoms with E-state index in [1.165, 1.54) is 12.8 Å². The lowest BCUT2D eigenvalue weighted by molar-refractivity contribution is 1.04. The third-order valence-corrected chi connectivity index (χ3v) is 0.883. The highest BCUT2D eigenvalue weighted by Crippen LogP contribution is 1.98. The van der Waals surface area contributed by atoms with Gasteiger partial charge in [-0.2, -0.15) is 0 Å². The van der Waals surface area contributed by atoms with Crippen molar-refractivity contribution in [3.63, 3.8) is 0 Å². The van der Waals surface area contributed by atoms with Crippen molar-refractivity contribution in [2.24, 2.45) is 0 Å². The maximum atomic E-state index is 2.18. The smallest absolute Gasteiger partial charge is 0.0814 e. The second-order valence-electron chi connectivity index (χ2n) is 1.43. The van der Waals surface area contributed by atoms with Crippen molar-refractivity contribution in [1.29, 1.82) is 0 Å². The molecule has 1 aliphatic rings. The first kappa shape index (κ1) is 6.54. The van der Waals surface area contributed by atoms with Crippen LogP contribution in [0.1, 0.15) is 12.8 Å². The summed E-state index contributed by atoms with van der Waals surface area (Å²) in [7, 11) is 0. The Morgan fingerprint density at radius 2 is 1.29 bits per heavy atom. The molecule has 0 heterocycles. The van der Waals surface area contributed by atoms with Crippen molar-refractivity contribution < 1.29 is 0 Å². The zero-order chi connectivity index (χ0) is 4.24. The summed E-state index contributed by atoms with van der Waals surface area (Å²) in [4.78, 5) is 0. The van der Waals surface area contributed by atoms with Crippen LogP contribution in [0.3, 0.4) is 0 Å². The third-order valence-electron chi connectivity index (χ3n) is 0.883. The van der Waals surface area contributed by atoms with Crippen molar-refractivity contribution in [2.75, 3.05) is 0 Å². The van der Waals surface area contributed by atoms with Crippen LogP contribution < -0.4 is 0 Å². The van der Waals surface area contributed by atoms with E-state index in [1.54, 1.807) is 0 Å². The molecular weight excluding hydrogens is 82.9 g/mol. The Hall–Kier alpha value is -0.455. The van der Waals surface area contributed by atoms with Crippen molar-refractivity contribution in [3.05, 3.63) is 24.3 Å². The van der Waals surface area contributed by atoms with E-state index in [0.29, 0.717) is 0 Å². The zero-order valence-electron chi connectivity index (χ0n) is 3.72. The molecule has 0 aromatic carbocycles. The molecule has 0 unspecified atom stereocenters. The van der Waals surface area contributed by atoms with Gasteiger partial charge in [-0.15, -0.1) is 0 Å². The van der Waals surface area contributed by atoms with Crippen LogP contribution in [0.25, 0.3) is 0 Å². The van der Waals surface area contributed by atoms with Gasteiger partial charge in [-0.1, -0.05) is 24.3 Å². The number of allylic oxidation sites excluding steroid dienone is 4. The molecule has 0 saturated carbocycles. The van der Waals surface area contributed by atoms with Gasteiger partial charge in [0.05, 0.1) is 8.41 Å². The SMILES string of the molecule is B.C1=CCCC=C1. The highest BCUT2D eigenvalue weighted by molar-refractivity contribution is 5.75. The predicted molar refractivity (Wildman–Crippen MR) is 37.5 cm³/mol. The fourth-order valence-electron chi connectivity index (χ4n) is 0.542. The second-order valence-corrected chi connectivity index (χ2v) is 1.43. The molecule has 0 nitrogen and oxygen atoms in total. The van der Waals surface area contributed by atoms with Crippen LogP contribution in [0.5, 0.6) is 0 Å². The molecule has 0 radical (unpaired) electrons. The minimum absolute atomic E-state index is 0. The quantitative estimate of drug-likeness (QED) is 0.388. The molecule has 0 N–H and O–H groups in total. The molecule has 1 aliphatic carbocycles. The fraction of sp³-hybridized carbons (Fsp3) is 0.333. The van der Waals surface area contributed by atoms with E-state index in [4.69, 9.17) is 0 Å². The summed E-state index contributed by atoms with van der Waals surface area (Å²) in [6, 6.07) is 0. The second kappa shape index (κ2) is 3.73. The summed E-state index contributed by atoms with van der Waals surface area (Å²) in [5.41, 5.74) is 0. The van der Waals surface area contributed by atoms with Gasteiger partial charge in [0, 0.05) is 0 Å². The summed E-state index contributed by atoms with van der Waals surface area (Å²) in [6.07, 6.45) is 11.0. The maximum Gasteiger partial charge on any atom is 0.0814 e. The molecule has 0 aliphatic heterocycles. The molecule has 7 heavy (non-hydrogen) atoms. The molecule has 0 amide bonds. The standard InChI is InChI=1S/C6H8.BH3/c1-2-4-6-5-3-1;/h1-4H,5-6H2;1H3. The highest BCUT2D eigenvalue weighted by Gasteiger charge is 1.77. The van der Waals surface area contributed by atoms with Gasteiger partial charge >= 0.3 is 0 Å². The largest absolute Gasteiger partial charge is 0.0842 e. The van der Waals surface area contributed by atoms with Gasteiger partial charge in [0.1, 0.15) is 0 Å². The van der Waals surface area contributed by atoms with E-state index in [9.17, 15) is 0 Å². The van der Waals surface area contributed by atoms with Crippen LogP contribution >= 0.6 is 0 Å². The van der Waals surface area contributed by atoms with Crippen molar-refractivity contribution in [3.8, 4) is 0 Å². The Morgan fingerprint density at radius 1 is 0.857 bits per heavy atom. The van der Waals surface area contributed by atoms with Gasteiger partial charge in [-0.25, -0.2) is 0 Å². The van der Waals surface area contributed by atoms with Crippen LogP contribution in [-0.4, -0.2) is 8.41 Å². The molecule has 1 heteroatoms. The Bertz CT molecular complexity index is 70.2. The van der Waals surface area contributed by atoms with Crippen molar-refractivity contribution in [2.45, 2.75) is 12.8 Å². The average Bonchev–Trinajstić information content (AvgIpc) is 1.72. The molecule has 0 aromatic rings. The Balaban J connectivity index is 0.000000360. The Labute approximate surface area is 46.5 Å². The lowest BCUT2D eigenvalue weighted by atomic mass is 10.2. The van der Waals surface area contributed by atoms with Crippen LogP contribution in [0.2, 0.25) is 0 Å². The van der Waals surface area contributed by atoms with Crippen LogP contribution in [0.15, 0.2) is 24.3 Å². The number of hydrogen-bond acceptors (Lipinski definition) is 0. The van der Waals surface area contributed by atoms with Crippen LogP contribution in [0.4, 0.5) is 0 Å². The molecular formula is C6H11B. The van der Waals surface area contributed by atoms with E-state index >= 15 is 0 Å². The van der Waals surface area contributed by atoms with Gasteiger partial charge in [-0.05, 0) is 12.8 Å². The van der Waals surface area contributed by atoms with E-state index in [2.05, 4.69) is 24.3 Å². The van der Waals surface area contributed by atoms with Gasteiger partial charge in [-0.3, -0.25) is 0 Å². The number of rotatable bonds is 0. The van der Waals surface area contributed by atoms with Gasteiger partial charge in [0.15, 0.2) is 0 Å². The molecule has 1 rings (SSSR count). The first-order valence-electron chi connectivity index (χ1n) is 2.32. The van der Waals surface area contributed by atoms with Crippen LogP contribution in [-0.2, 0) is 0 Å². The Kier molecular flexibility index (Phi) is 3.48. The van der Waals surface area contributed by atoms with Gasteiger partial charge in [0.2, 0.25) is 0 Å². The maximum absolute atomic E-state index is 2.18. The third kappa shape index (κ3) is 2.27. The summed E-state index contributed by atoms with van der Waals surface area (Å²) in [5, 5.41) is 0. The molecule has 38 valence electrons. The van der Waals surface area contributed by atoms with E-state index < -0.39 is 0 Å². The minimum Gasteiger partial charge on any atom is -0.0842 e. The van der Waals surface area contributed by atoms with Crippen LogP contribution in [0, 0.1) is 0 Å². The molecule has 0 aromatic heterocycles. The van der Waals surface area contributed by atoms with Crippen molar-refractivity contribution in [1.82, 2.24) is 0 Å². The first-order chi connectivity index (χ1) is 3.00. The molecule has 0 saturated heterocycles. The van der Waals surface area contributed by atoms with Gasteiger partial charge in [0.25, 0.3) is 0 Å². The summed E-state index contributed by atoms with van der Waals surface area (Å²) < 4.78 is 0. The minimum atomic E-state index is 0. The summed E-state index contributed by atoms with van der Waals surface area (Å²) in [5.74, 6) is 0. The van der Waals surface area contributed by atoms with E-state index in [1.807, 2.05) is 0 Å². The van der Waals surface area contributed by atoms with Crippen molar-refractivity contribution >= 4 is 8.41 Å². The fourth-order valence-corrected chi connectivity index (χ4v) is 0.542. The predicted octanol–water partition coefficient (Wildman–Crippen LogP) is 0.709. The lowest BCUT2D eigenvalue weighted by Gasteiger charge is -1.88. The number of hydrogen-bond donors (Lipinski definition) is 0. The summed E-state index contributed by atoms with van der Waals surface area (Å²) >= 11 is 0. The van der Waals surface area contributed by atoms with Gasteiger partial charge < -0.3 is 0 Å². The molecule has 0 bridgehead atoms. The van der Waals surface area contributed by atoms with E-state index in [-0.39, 0.29) is 8.41 Å². The van der Waals surface area contributed by atoms with E-state index in [0.717, 1.165) is 0 Å². The Morgan fingerprint density at radius 3 is 1.43 bits per heavy atom. The average molecular weight is 94.0 g/mol. The zero-order valence-corrected chi connectivity index (χ0v) is 3.72. The first-order valence-corrected chi connectivity index (χ1v) is 2.32. The monoisotopic (exact) mass is 94.1 g/mol. The normalized spacial score (nSPS) is 16.0. The molecule has 0 fully saturated rings.